The SMILES string of the molecule is c1ccc(-c2cc(-c3ccccc3)cc(-c3cc(-c4ccccc4)cc(-c4cccc(-n5c6ccccc6c6ccc7c(c8ccccc8n7-c7nc(-c8ccc9sc%10ccccc%10c9c8)cc(-c8ccc9sc%10ccccc%10c9c8)n7)c65)n4)c3)c2)cc1. The third kappa shape index (κ3) is 8.31. The molecule has 18 aromatic rings. The topological polar surface area (TPSA) is 48.5 Å². The summed E-state index contributed by atoms with van der Waals surface area (Å²) in [5.74, 6) is 1.43. The Kier molecular flexibility index (Phi) is 11.6. The van der Waals surface area contributed by atoms with Crippen LogP contribution in [0.25, 0.3) is 174 Å². The van der Waals surface area contributed by atoms with Crippen molar-refractivity contribution in [1.29, 1.82) is 0 Å². The molecule has 0 saturated heterocycles. The molecule has 0 bridgehead atoms. The summed E-state index contributed by atoms with van der Waals surface area (Å²) >= 11 is 3.66. The van der Waals surface area contributed by atoms with Gasteiger partial charge in [0.05, 0.1) is 39.1 Å². The summed E-state index contributed by atoms with van der Waals surface area (Å²) in [5, 5.41) is 9.46. The zero-order valence-corrected chi connectivity index (χ0v) is 49.0. The van der Waals surface area contributed by atoms with Gasteiger partial charge in [-0.05, 0) is 154 Å². The van der Waals surface area contributed by atoms with Crippen LogP contribution in [0, 0.1) is 0 Å². The van der Waals surface area contributed by atoms with Crippen molar-refractivity contribution >= 4 is 107 Å². The maximum atomic E-state index is 5.73. The van der Waals surface area contributed by atoms with Crippen molar-refractivity contribution in [2.75, 3.05) is 0 Å². The Morgan fingerprint density at radius 2 is 0.670 bits per heavy atom. The number of para-hydroxylation sites is 2. The monoisotopic (exact) mass is 1160 g/mol. The van der Waals surface area contributed by atoms with E-state index in [2.05, 4.69) is 306 Å². The average molecular weight is 1160 g/mol. The number of rotatable bonds is 9. The van der Waals surface area contributed by atoms with Crippen molar-refractivity contribution in [3.05, 3.63) is 297 Å². The van der Waals surface area contributed by atoms with E-state index in [0.29, 0.717) is 5.95 Å². The third-order valence-electron chi connectivity index (χ3n) is 17.5. The average Bonchev–Trinajstić information content (AvgIpc) is 1.59. The zero-order valence-electron chi connectivity index (χ0n) is 47.3. The zero-order chi connectivity index (χ0) is 57.8. The molecule has 410 valence electrons. The molecule has 18 rings (SSSR count). The highest BCUT2D eigenvalue weighted by atomic mass is 32.1. The van der Waals surface area contributed by atoms with Gasteiger partial charge in [-0.15, -0.1) is 22.7 Å². The van der Waals surface area contributed by atoms with Crippen molar-refractivity contribution in [1.82, 2.24) is 24.1 Å². The summed E-state index contributed by atoms with van der Waals surface area (Å²) in [6.07, 6.45) is 0. The summed E-state index contributed by atoms with van der Waals surface area (Å²) in [6.45, 7) is 0. The largest absolute Gasteiger partial charge is 0.293 e. The van der Waals surface area contributed by atoms with Crippen LogP contribution in [-0.4, -0.2) is 24.1 Å². The van der Waals surface area contributed by atoms with Crippen LogP contribution in [0.15, 0.2) is 297 Å². The molecule has 0 radical (unpaired) electrons. The molecule has 0 aliphatic carbocycles. The van der Waals surface area contributed by atoms with Gasteiger partial charge < -0.3 is 0 Å². The first-order valence-corrected chi connectivity index (χ1v) is 31.3. The minimum Gasteiger partial charge on any atom is -0.293 e. The molecule has 5 nitrogen and oxygen atoms in total. The summed E-state index contributed by atoms with van der Waals surface area (Å²) < 4.78 is 9.72. The van der Waals surface area contributed by atoms with Crippen LogP contribution in [-0.2, 0) is 0 Å². The Bertz CT molecular complexity index is 5630. The van der Waals surface area contributed by atoms with E-state index in [4.69, 9.17) is 15.0 Å². The summed E-state index contributed by atoms with van der Waals surface area (Å²) in [4.78, 5) is 17.0. The van der Waals surface area contributed by atoms with E-state index in [-0.39, 0.29) is 0 Å². The van der Waals surface area contributed by atoms with Crippen LogP contribution >= 0.6 is 22.7 Å². The molecule has 0 spiro atoms. The molecule has 0 atom stereocenters. The lowest BCUT2D eigenvalue weighted by Crippen LogP contribution is -2.04. The molecule has 6 aromatic heterocycles. The molecule has 0 unspecified atom stereocenters. The highest BCUT2D eigenvalue weighted by molar-refractivity contribution is 7.26. The lowest BCUT2D eigenvalue weighted by Gasteiger charge is -2.15. The number of hydrogen-bond acceptors (Lipinski definition) is 5. The van der Waals surface area contributed by atoms with Gasteiger partial charge in [-0.3, -0.25) is 9.13 Å². The molecule has 0 N–H and O–H groups in total. The maximum Gasteiger partial charge on any atom is 0.235 e. The highest BCUT2D eigenvalue weighted by Crippen LogP contribution is 2.45. The Hall–Kier alpha value is -11.1. The molecule has 0 aliphatic heterocycles. The van der Waals surface area contributed by atoms with Crippen LogP contribution in [0.4, 0.5) is 0 Å². The Balaban J connectivity index is 0.847. The molecule has 0 saturated carbocycles. The quantitative estimate of drug-likeness (QED) is 0.145. The smallest absolute Gasteiger partial charge is 0.235 e. The van der Waals surface area contributed by atoms with Gasteiger partial charge in [0.2, 0.25) is 5.95 Å². The molecule has 0 fully saturated rings. The van der Waals surface area contributed by atoms with Gasteiger partial charge >= 0.3 is 0 Å². The minimum absolute atomic E-state index is 0.602. The molecular formula is C81H49N5S2. The molecule has 0 aliphatic rings. The van der Waals surface area contributed by atoms with Crippen LogP contribution < -0.4 is 0 Å². The van der Waals surface area contributed by atoms with Gasteiger partial charge in [0.1, 0.15) is 5.82 Å². The van der Waals surface area contributed by atoms with Crippen LogP contribution in [0.1, 0.15) is 0 Å². The van der Waals surface area contributed by atoms with Gasteiger partial charge in [-0.2, -0.15) is 0 Å². The number of benzene rings is 12. The molecule has 7 heteroatoms. The van der Waals surface area contributed by atoms with E-state index in [9.17, 15) is 0 Å². The van der Waals surface area contributed by atoms with Gasteiger partial charge in [0, 0.05) is 78.6 Å². The van der Waals surface area contributed by atoms with Gasteiger partial charge in [-0.25, -0.2) is 15.0 Å². The second-order valence-corrected chi connectivity index (χ2v) is 24.9. The number of aromatic nitrogens is 5. The lowest BCUT2D eigenvalue weighted by atomic mass is 9.90. The highest BCUT2D eigenvalue weighted by Gasteiger charge is 2.24. The lowest BCUT2D eigenvalue weighted by molar-refractivity contribution is 0.996. The maximum absolute atomic E-state index is 5.73. The van der Waals surface area contributed by atoms with Crippen molar-refractivity contribution < 1.29 is 0 Å². The minimum atomic E-state index is 0.602. The Morgan fingerprint density at radius 3 is 1.22 bits per heavy atom. The van der Waals surface area contributed by atoms with E-state index < -0.39 is 0 Å². The second-order valence-electron chi connectivity index (χ2n) is 22.7. The van der Waals surface area contributed by atoms with E-state index >= 15 is 0 Å². The number of thiophene rings is 2. The van der Waals surface area contributed by atoms with Crippen LogP contribution in [0.2, 0.25) is 0 Å². The van der Waals surface area contributed by atoms with E-state index in [1.165, 1.54) is 51.5 Å². The van der Waals surface area contributed by atoms with Gasteiger partial charge in [-0.1, -0.05) is 188 Å². The van der Waals surface area contributed by atoms with E-state index in [0.717, 1.165) is 117 Å². The fraction of sp³-hybridized carbons (Fsp3) is 0. The second kappa shape index (κ2) is 20.3. The number of hydrogen-bond donors (Lipinski definition) is 0. The standard InChI is InChI=1S/C81H49N5S2/c1-4-19-50(20-5-1)55-41-56(51-21-6-2-7-22-51)43-58(42-55)59-44-57(52-23-8-3-9-24-52)45-60(46-59)68-29-18-34-78(82-68)86-71-30-14-10-25-61(71)64-37-38-73-79(80(64)86)65-28-11-15-31-72(65)85(73)81-83-69(53-35-39-76-66(47-53)62-26-12-16-32-74(62)87-76)49-70(84-81)54-36-40-77-67(48-54)63-27-13-17-33-75(63)88-77/h1-49H. The predicted octanol–water partition coefficient (Wildman–Crippen LogP) is 22.5. The molecular weight excluding hydrogens is 1110 g/mol. The number of nitrogens with zero attached hydrogens (tertiary/aromatic N) is 5. The first-order valence-electron chi connectivity index (χ1n) is 29.7. The van der Waals surface area contributed by atoms with E-state index in [1.807, 2.05) is 22.7 Å². The fourth-order valence-electron chi connectivity index (χ4n) is 13.4. The first-order chi connectivity index (χ1) is 43.6. The van der Waals surface area contributed by atoms with Crippen molar-refractivity contribution in [2.45, 2.75) is 0 Å². The van der Waals surface area contributed by atoms with Crippen molar-refractivity contribution in [3.8, 4) is 90.0 Å². The van der Waals surface area contributed by atoms with Crippen LogP contribution in [0.3, 0.4) is 0 Å². The van der Waals surface area contributed by atoms with Gasteiger partial charge in [0.15, 0.2) is 0 Å². The Labute approximate surface area is 514 Å². The Morgan fingerprint density at radius 1 is 0.227 bits per heavy atom. The summed E-state index contributed by atoms with van der Waals surface area (Å²) in [5.41, 5.74) is 19.0. The predicted molar refractivity (Wildman–Crippen MR) is 372 cm³/mol. The van der Waals surface area contributed by atoms with Crippen molar-refractivity contribution in [3.63, 3.8) is 0 Å². The summed E-state index contributed by atoms with van der Waals surface area (Å²) in [7, 11) is 0. The van der Waals surface area contributed by atoms with Gasteiger partial charge in [0.25, 0.3) is 0 Å². The molecule has 0 amide bonds. The first kappa shape index (κ1) is 50.3. The molecule has 12 aromatic carbocycles. The van der Waals surface area contributed by atoms with Crippen LogP contribution in [0.5, 0.6) is 0 Å². The third-order valence-corrected chi connectivity index (χ3v) is 19.8. The number of pyridine rings is 1. The normalized spacial score (nSPS) is 11.9. The molecule has 6 heterocycles. The van der Waals surface area contributed by atoms with Crippen molar-refractivity contribution in [2.24, 2.45) is 0 Å². The molecule has 88 heavy (non-hydrogen) atoms. The number of fused-ring (bicyclic) bond motifs is 13. The fourth-order valence-corrected chi connectivity index (χ4v) is 15.6. The van der Waals surface area contributed by atoms with E-state index in [1.54, 1.807) is 0 Å². The summed E-state index contributed by atoms with van der Waals surface area (Å²) in [6, 6.07) is 108.